The lowest BCUT2D eigenvalue weighted by atomic mass is 9.91. The fourth-order valence-corrected chi connectivity index (χ4v) is 6.72. The van der Waals surface area contributed by atoms with E-state index in [0.717, 1.165) is 46.4 Å². The summed E-state index contributed by atoms with van der Waals surface area (Å²) in [6.07, 6.45) is 7.39. The van der Waals surface area contributed by atoms with Gasteiger partial charge in [0.15, 0.2) is 5.11 Å². The van der Waals surface area contributed by atoms with E-state index in [1.54, 1.807) is 0 Å². The van der Waals surface area contributed by atoms with Crippen LogP contribution in [0, 0.1) is 11.8 Å². The summed E-state index contributed by atoms with van der Waals surface area (Å²) in [5.41, 5.74) is 5.29. The van der Waals surface area contributed by atoms with Crippen LogP contribution in [0.25, 0.3) is 5.69 Å². The lowest BCUT2D eigenvalue weighted by Crippen LogP contribution is -2.38. The molecule has 7 heteroatoms. The summed E-state index contributed by atoms with van der Waals surface area (Å²) < 4.78 is 2.15. The number of hydrogen-bond acceptors (Lipinski definition) is 3. The van der Waals surface area contributed by atoms with E-state index in [4.69, 9.17) is 23.8 Å². The first-order valence-electron chi connectivity index (χ1n) is 13.3. The summed E-state index contributed by atoms with van der Waals surface area (Å²) in [6, 6.07) is 24.7. The maximum atomic E-state index is 6.97. The molecule has 1 N–H and O–H groups in total. The molecule has 4 heterocycles. The summed E-state index contributed by atoms with van der Waals surface area (Å²) in [4.78, 5) is 9.30. The molecular formula is C31H32ClN5S. The average Bonchev–Trinajstić information content (AvgIpc) is 3.54. The molecule has 2 aromatic carbocycles. The molecule has 2 fully saturated rings. The number of piperidine rings is 1. The highest BCUT2D eigenvalue weighted by atomic mass is 35.5. The Balaban J connectivity index is 1.38. The molecule has 38 heavy (non-hydrogen) atoms. The molecule has 4 atom stereocenters. The van der Waals surface area contributed by atoms with Gasteiger partial charge in [0.05, 0.1) is 28.5 Å². The maximum absolute atomic E-state index is 6.97. The number of pyridine rings is 1. The quantitative estimate of drug-likeness (QED) is 0.271. The summed E-state index contributed by atoms with van der Waals surface area (Å²) >= 11 is 12.9. The minimum Gasteiger partial charge on any atom is -0.370 e. The van der Waals surface area contributed by atoms with Gasteiger partial charge in [-0.05, 0) is 84.6 Å². The number of benzene rings is 2. The van der Waals surface area contributed by atoms with Gasteiger partial charge < -0.3 is 19.7 Å². The molecule has 0 radical (unpaired) electrons. The van der Waals surface area contributed by atoms with E-state index in [-0.39, 0.29) is 12.1 Å². The number of halogens is 1. The molecule has 2 saturated heterocycles. The van der Waals surface area contributed by atoms with Gasteiger partial charge in [-0.25, -0.2) is 0 Å². The molecule has 2 aromatic heterocycles. The molecule has 6 rings (SSSR count). The Morgan fingerprint density at radius 3 is 2.39 bits per heavy atom. The zero-order valence-corrected chi connectivity index (χ0v) is 23.2. The van der Waals surface area contributed by atoms with Gasteiger partial charge in [-0.15, -0.1) is 0 Å². The van der Waals surface area contributed by atoms with Crippen molar-refractivity contribution in [3.05, 3.63) is 108 Å². The molecule has 2 aliphatic heterocycles. The minimum absolute atomic E-state index is 0.0840. The fraction of sp³-hybridized carbons (Fsp3) is 0.290. The molecule has 2 aliphatic rings. The molecular weight excluding hydrogens is 510 g/mol. The summed E-state index contributed by atoms with van der Waals surface area (Å²) in [6.45, 7) is 6.71. The van der Waals surface area contributed by atoms with Crippen molar-refractivity contribution in [3.63, 3.8) is 0 Å². The van der Waals surface area contributed by atoms with Crippen LogP contribution in [0.2, 0.25) is 5.02 Å². The number of nitrogens with zero attached hydrogens (tertiary/aromatic N) is 4. The number of rotatable bonds is 5. The van der Waals surface area contributed by atoms with Gasteiger partial charge in [0, 0.05) is 43.1 Å². The van der Waals surface area contributed by atoms with Gasteiger partial charge >= 0.3 is 0 Å². The van der Waals surface area contributed by atoms with Crippen molar-refractivity contribution in [1.82, 2.24) is 14.9 Å². The van der Waals surface area contributed by atoms with Gasteiger partial charge in [0.25, 0.3) is 0 Å². The summed E-state index contributed by atoms with van der Waals surface area (Å²) in [7, 11) is 0. The highest BCUT2D eigenvalue weighted by Crippen LogP contribution is 2.43. The Morgan fingerprint density at radius 2 is 1.68 bits per heavy atom. The Bertz CT molecular complexity index is 1410. The van der Waals surface area contributed by atoms with Crippen LogP contribution in [0.3, 0.4) is 0 Å². The third-order valence-corrected chi connectivity index (χ3v) is 8.25. The van der Waals surface area contributed by atoms with Crippen LogP contribution >= 0.6 is 23.8 Å². The molecule has 0 aliphatic carbocycles. The molecule has 194 valence electrons. The second-order valence-corrected chi connectivity index (χ2v) is 11.5. The highest BCUT2D eigenvalue weighted by molar-refractivity contribution is 7.80. The lowest BCUT2D eigenvalue weighted by Gasteiger charge is -2.37. The zero-order chi connectivity index (χ0) is 26.2. The van der Waals surface area contributed by atoms with Crippen molar-refractivity contribution in [2.45, 2.75) is 32.4 Å². The topological polar surface area (TPSA) is 36.3 Å². The van der Waals surface area contributed by atoms with Gasteiger partial charge in [-0.1, -0.05) is 49.7 Å². The van der Waals surface area contributed by atoms with E-state index in [1.165, 1.54) is 6.42 Å². The van der Waals surface area contributed by atoms with Crippen LogP contribution in [0.1, 0.15) is 43.6 Å². The average molecular weight is 542 g/mol. The predicted octanol–water partition coefficient (Wildman–Crippen LogP) is 7.19. The van der Waals surface area contributed by atoms with Crippen molar-refractivity contribution in [2.24, 2.45) is 11.8 Å². The smallest absolute Gasteiger partial charge is 0.174 e. The van der Waals surface area contributed by atoms with Gasteiger partial charge in [0.1, 0.15) is 0 Å². The minimum atomic E-state index is -0.0995. The van der Waals surface area contributed by atoms with Crippen LogP contribution < -0.4 is 15.1 Å². The number of para-hydroxylation sites is 1. The molecule has 5 nitrogen and oxygen atoms in total. The first-order chi connectivity index (χ1) is 18.5. The second-order valence-electron chi connectivity index (χ2n) is 10.7. The predicted molar refractivity (Wildman–Crippen MR) is 160 cm³/mol. The standard InChI is InChI=1S/C31H32ClN5S/c1-21-16-22(2)19-36(18-21)28-12-11-25(17-26(28)32)37-30(29(34-31(37)38)27-10-6-7-14-33-27)23-13-15-35(20-23)24-8-4-3-5-9-24/h3-15,17,20-22,29-30H,16,18-19H2,1-2H3,(H,34,38)/t21-,22-,29-,30-/m0/s1. The van der Waals surface area contributed by atoms with Crippen LogP contribution in [-0.4, -0.2) is 27.8 Å². The Hall–Kier alpha value is -3.35. The summed E-state index contributed by atoms with van der Waals surface area (Å²) in [5, 5.41) is 4.98. The van der Waals surface area contributed by atoms with Crippen molar-refractivity contribution in [2.75, 3.05) is 22.9 Å². The van der Waals surface area contributed by atoms with Crippen molar-refractivity contribution < 1.29 is 0 Å². The molecule has 0 amide bonds. The van der Waals surface area contributed by atoms with Crippen LogP contribution in [0.4, 0.5) is 11.4 Å². The first kappa shape index (κ1) is 25.0. The highest BCUT2D eigenvalue weighted by Gasteiger charge is 2.41. The first-order valence-corrected chi connectivity index (χ1v) is 14.0. The molecule has 0 saturated carbocycles. The van der Waals surface area contributed by atoms with E-state index in [2.05, 4.69) is 106 Å². The number of aromatic nitrogens is 2. The third-order valence-electron chi connectivity index (χ3n) is 7.63. The van der Waals surface area contributed by atoms with E-state index in [0.29, 0.717) is 16.9 Å². The molecule has 0 spiro atoms. The van der Waals surface area contributed by atoms with Crippen molar-refractivity contribution in [1.29, 1.82) is 0 Å². The maximum Gasteiger partial charge on any atom is 0.174 e. The Labute approximate surface area is 235 Å². The van der Waals surface area contributed by atoms with Crippen LogP contribution in [0.15, 0.2) is 91.4 Å². The van der Waals surface area contributed by atoms with Crippen molar-refractivity contribution in [3.8, 4) is 5.69 Å². The fourth-order valence-electron chi connectivity index (χ4n) is 6.08. The summed E-state index contributed by atoms with van der Waals surface area (Å²) in [5.74, 6) is 1.31. The number of hydrogen-bond donors (Lipinski definition) is 1. The molecule has 0 bridgehead atoms. The van der Waals surface area contributed by atoms with Crippen LogP contribution in [0.5, 0.6) is 0 Å². The van der Waals surface area contributed by atoms with E-state index in [9.17, 15) is 0 Å². The van der Waals surface area contributed by atoms with E-state index >= 15 is 0 Å². The van der Waals surface area contributed by atoms with Gasteiger partial charge in [-0.3, -0.25) is 4.98 Å². The third kappa shape index (κ3) is 4.79. The van der Waals surface area contributed by atoms with E-state index in [1.807, 2.05) is 24.4 Å². The normalized spacial score (nSPS) is 23.5. The lowest BCUT2D eigenvalue weighted by molar-refractivity contribution is 0.357. The Kier molecular flexibility index (Phi) is 6.85. The Morgan fingerprint density at radius 1 is 0.921 bits per heavy atom. The second kappa shape index (κ2) is 10.4. The zero-order valence-electron chi connectivity index (χ0n) is 21.7. The van der Waals surface area contributed by atoms with Gasteiger partial charge in [0.2, 0.25) is 0 Å². The van der Waals surface area contributed by atoms with E-state index < -0.39 is 0 Å². The van der Waals surface area contributed by atoms with Crippen LogP contribution in [-0.2, 0) is 0 Å². The molecule has 4 aromatic rings. The number of anilines is 2. The van der Waals surface area contributed by atoms with Crippen molar-refractivity contribution >= 4 is 40.3 Å². The number of nitrogens with one attached hydrogen (secondary N) is 1. The largest absolute Gasteiger partial charge is 0.370 e. The monoisotopic (exact) mass is 541 g/mol. The van der Waals surface area contributed by atoms with Gasteiger partial charge in [-0.2, -0.15) is 0 Å². The SMILES string of the molecule is C[C@H]1C[C@H](C)CN(c2ccc(N3C(=S)N[C@@H](c4ccccn4)[C@@H]3c3ccn(-c4ccccc4)c3)cc2Cl)C1. The molecule has 0 unspecified atom stereocenters. The number of thiocarbonyl (C=S) groups is 1.